The van der Waals surface area contributed by atoms with E-state index in [0.29, 0.717) is 44.2 Å². The summed E-state index contributed by atoms with van der Waals surface area (Å²) in [6.07, 6.45) is 4.19. The smallest absolute Gasteiger partial charge is 0.324 e. The zero-order chi connectivity index (χ0) is 47.9. The van der Waals surface area contributed by atoms with Gasteiger partial charge in [0.1, 0.15) is 23.9 Å². The number of esters is 1. The molecule has 5 N–H and O–H groups in total. The molecule has 4 aliphatic rings. The van der Waals surface area contributed by atoms with E-state index in [9.17, 15) is 29.1 Å². The monoisotopic (exact) mass is 919 g/mol. The molecule has 4 aromatic rings. The average molecular weight is 919 g/mol. The first kappa shape index (κ1) is 47.6. The second-order valence-corrected chi connectivity index (χ2v) is 19.9. The number of aromatic nitrogens is 2. The van der Waals surface area contributed by atoms with E-state index in [-0.39, 0.29) is 67.8 Å². The second kappa shape index (κ2) is 19.4. The largest absolute Gasteiger partial charge is 0.508 e. The maximum Gasteiger partial charge on any atom is 0.324 e. The first-order valence-corrected chi connectivity index (χ1v) is 23.8. The number of ether oxygens (including phenoxy) is 2. The van der Waals surface area contributed by atoms with Gasteiger partial charge in [-0.3, -0.25) is 34.0 Å². The Morgan fingerprint density at radius 3 is 2.60 bits per heavy atom. The Balaban J connectivity index is 1.19. The molecule has 3 fully saturated rings. The number of cyclic esters (lactones) is 1. The number of hydrogen-bond donors (Lipinski definition) is 5. The molecule has 7 atom stereocenters. The third-order valence-electron chi connectivity index (χ3n) is 14.2. The summed E-state index contributed by atoms with van der Waals surface area (Å²) in [5, 5.41) is 23.0. The van der Waals surface area contributed by atoms with Crippen molar-refractivity contribution >= 4 is 40.5 Å². The molecule has 16 nitrogen and oxygen atoms in total. The van der Waals surface area contributed by atoms with Gasteiger partial charge in [-0.2, -0.15) is 0 Å². The van der Waals surface area contributed by atoms with Crippen LogP contribution in [0.15, 0.2) is 54.7 Å². The van der Waals surface area contributed by atoms with Crippen LogP contribution in [0.3, 0.4) is 0 Å². The van der Waals surface area contributed by atoms with Crippen LogP contribution in [0.4, 0.5) is 0 Å². The number of amides is 4. The highest BCUT2D eigenvalue weighted by molar-refractivity contribution is 5.96. The Morgan fingerprint density at radius 1 is 1.06 bits per heavy atom. The van der Waals surface area contributed by atoms with Crippen LogP contribution < -0.4 is 21.4 Å². The fraction of sp³-hybridized carbons (Fsp3) is 0.529. The zero-order valence-electron chi connectivity index (χ0n) is 40.0. The number of hydrazine groups is 1. The van der Waals surface area contributed by atoms with Crippen molar-refractivity contribution < 1.29 is 38.6 Å². The third-order valence-corrected chi connectivity index (χ3v) is 14.2. The number of carbonyl (C=O) groups is 5. The molecule has 0 spiro atoms. The van der Waals surface area contributed by atoms with Crippen LogP contribution in [0.5, 0.6) is 5.75 Å². The van der Waals surface area contributed by atoms with Crippen molar-refractivity contribution in [1.29, 1.82) is 0 Å². The standard InChI is InChI=1S/C51H66N8O8/c1-9-58-41-17-14-31-24-36(41)37(46(58)34-12-10-18-52-43(34)29(4)66-8)25-51(5,6)27-67-50(65)39-13-11-19-59(56-39)49(64)40(22-30-20-32(31)23-33(60)21-30)55-47(62)45(28(2)3)57(7)48(63)35-15-16-38-44(35)53-26-42(61)54-38/h10,12,14,17-18,20-21,23-24,28-29,35,38-40,44-45,53,56,60H,9,11,13,15-16,19,22,25-27H2,1-8H3,(H,54,61)(H,55,62)/t29-,35-,38+,39-,40-,44-,45?/m0/s1. The van der Waals surface area contributed by atoms with Gasteiger partial charge in [0, 0.05) is 73.8 Å². The lowest BCUT2D eigenvalue weighted by atomic mass is 9.84. The van der Waals surface area contributed by atoms with Crippen molar-refractivity contribution in [1.82, 2.24) is 40.8 Å². The number of benzene rings is 2. The van der Waals surface area contributed by atoms with E-state index in [1.165, 1.54) is 9.91 Å². The van der Waals surface area contributed by atoms with Crippen LogP contribution in [0.25, 0.3) is 33.3 Å². The normalized spacial score (nSPS) is 24.0. The van der Waals surface area contributed by atoms with Crippen molar-refractivity contribution in [3.63, 3.8) is 0 Å². The summed E-state index contributed by atoms with van der Waals surface area (Å²) in [4.78, 5) is 75.9. The number of carbonyl (C=O) groups excluding carboxylic acids is 5. The van der Waals surface area contributed by atoms with Crippen LogP contribution in [-0.2, 0) is 52.8 Å². The molecule has 2 aromatic carbocycles. The Morgan fingerprint density at radius 2 is 1.85 bits per heavy atom. The number of rotatable bonds is 9. The number of nitrogens with one attached hydrogen (secondary N) is 4. The molecule has 2 saturated heterocycles. The molecule has 6 bridgehead atoms. The number of aromatic hydroxyl groups is 1. The molecule has 16 heteroatoms. The van der Waals surface area contributed by atoms with E-state index in [4.69, 9.17) is 14.5 Å². The summed E-state index contributed by atoms with van der Waals surface area (Å²) >= 11 is 0. The Kier molecular flexibility index (Phi) is 13.8. The third kappa shape index (κ3) is 9.66. The van der Waals surface area contributed by atoms with E-state index in [1.807, 2.05) is 39.0 Å². The Hall–Kier alpha value is -5.84. The fourth-order valence-electron chi connectivity index (χ4n) is 10.8. The molecule has 2 aromatic heterocycles. The molecule has 3 aliphatic heterocycles. The van der Waals surface area contributed by atoms with Gasteiger partial charge in [0.2, 0.25) is 17.7 Å². The van der Waals surface area contributed by atoms with Gasteiger partial charge in [-0.15, -0.1) is 0 Å². The molecule has 5 heterocycles. The number of likely N-dealkylation sites (N-methyl/N-ethyl adjacent to an activating group) is 1. The van der Waals surface area contributed by atoms with E-state index in [1.54, 1.807) is 32.5 Å². The maximum atomic E-state index is 14.8. The number of fused-ring (bicyclic) bond motifs is 7. The van der Waals surface area contributed by atoms with Crippen molar-refractivity contribution in [2.24, 2.45) is 17.3 Å². The molecule has 4 amide bonds. The molecule has 0 radical (unpaired) electrons. The van der Waals surface area contributed by atoms with Crippen LogP contribution in [0.1, 0.15) is 90.2 Å². The number of phenols is 1. The maximum absolute atomic E-state index is 14.8. The minimum atomic E-state index is -1.16. The summed E-state index contributed by atoms with van der Waals surface area (Å²) < 4.78 is 14.2. The quantitative estimate of drug-likeness (QED) is 0.145. The molecule has 1 saturated carbocycles. The molecule has 67 heavy (non-hydrogen) atoms. The minimum absolute atomic E-state index is 0.00273. The first-order valence-electron chi connectivity index (χ1n) is 23.8. The zero-order valence-corrected chi connectivity index (χ0v) is 40.0. The molecule has 8 rings (SSSR count). The van der Waals surface area contributed by atoms with Gasteiger partial charge < -0.3 is 40.0 Å². The lowest BCUT2D eigenvalue weighted by Gasteiger charge is -2.37. The van der Waals surface area contributed by atoms with Crippen molar-refractivity contribution in [3.8, 4) is 28.1 Å². The lowest BCUT2D eigenvalue weighted by molar-refractivity contribution is -0.155. The van der Waals surface area contributed by atoms with Crippen LogP contribution in [0.2, 0.25) is 0 Å². The molecular formula is C51H66N8O8. The summed E-state index contributed by atoms with van der Waals surface area (Å²) in [7, 11) is 3.29. The molecule has 1 aliphatic carbocycles. The Bertz CT molecular complexity index is 2550. The predicted molar refractivity (Wildman–Crippen MR) is 253 cm³/mol. The number of aryl methyl sites for hydroxylation is 1. The summed E-state index contributed by atoms with van der Waals surface area (Å²) in [6, 6.07) is 12.2. The van der Waals surface area contributed by atoms with Crippen LogP contribution in [0, 0.1) is 17.3 Å². The SMILES string of the molecule is CCn1c(-c2cccnc2[C@H](C)OC)c2c3cc(ccc31)-c1cc(O)cc(c1)C[C@H](NC(=O)C(C(C)C)N(C)C(=O)[C@H]1CC[C@H]3NC(=O)CN[C@@H]13)C(=O)N1CCC[C@H](N1)C(=O)OCC(C)(C)C2. The van der Waals surface area contributed by atoms with Gasteiger partial charge in [0.25, 0.3) is 5.91 Å². The summed E-state index contributed by atoms with van der Waals surface area (Å²) in [6.45, 7) is 13.1. The topological polar surface area (TPSA) is 196 Å². The molecule has 358 valence electrons. The van der Waals surface area contributed by atoms with E-state index >= 15 is 0 Å². The number of phenolic OH excluding ortho intramolecular Hbond substituents is 1. The van der Waals surface area contributed by atoms with Gasteiger partial charge in [0.05, 0.1) is 36.6 Å². The van der Waals surface area contributed by atoms with Crippen molar-refractivity contribution in [3.05, 3.63) is 71.5 Å². The number of nitrogens with zero attached hydrogens (tertiary/aromatic N) is 4. The molecule has 1 unspecified atom stereocenters. The minimum Gasteiger partial charge on any atom is -0.508 e. The van der Waals surface area contributed by atoms with E-state index in [2.05, 4.69) is 64.9 Å². The summed E-state index contributed by atoms with van der Waals surface area (Å²) in [5.74, 6) is -2.56. The highest BCUT2D eigenvalue weighted by Crippen LogP contribution is 2.42. The van der Waals surface area contributed by atoms with Gasteiger partial charge >= 0.3 is 5.97 Å². The molecular weight excluding hydrogens is 853 g/mol. The van der Waals surface area contributed by atoms with Gasteiger partial charge in [-0.25, -0.2) is 5.43 Å². The average Bonchev–Trinajstić information content (AvgIpc) is 3.86. The van der Waals surface area contributed by atoms with Crippen molar-refractivity contribution in [2.75, 3.05) is 33.9 Å². The van der Waals surface area contributed by atoms with Gasteiger partial charge in [-0.1, -0.05) is 39.8 Å². The van der Waals surface area contributed by atoms with E-state index < -0.39 is 47.2 Å². The predicted octanol–water partition coefficient (Wildman–Crippen LogP) is 4.80. The number of hydrogen-bond acceptors (Lipinski definition) is 11. The Labute approximate surface area is 392 Å². The highest BCUT2D eigenvalue weighted by atomic mass is 16.5. The first-order chi connectivity index (χ1) is 32.0. The number of methoxy groups -OCH3 is 1. The van der Waals surface area contributed by atoms with Crippen LogP contribution >= 0.6 is 0 Å². The fourth-order valence-corrected chi connectivity index (χ4v) is 10.8. The van der Waals surface area contributed by atoms with Gasteiger partial charge in [-0.05, 0) is 111 Å². The number of piperazine rings is 1. The second-order valence-electron chi connectivity index (χ2n) is 19.9. The number of pyridine rings is 1. The van der Waals surface area contributed by atoms with Crippen molar-refractivity contribution in [2.45, 2.75) is 123 Å². The van der Waals surface area contributed by atoms with E-state index in [0.717, 1.165) is 44.5 Å². The van der Waals surface area contributed by atoms with Crippen LogP contribution in [-0.4, -0.2) is 118 Å². The highest BCUT2D eigenvalue weighted by Gasteiger charge is 2.46. The lowest BCUT2D eigenvalue weighted by Crippen LogP contribution is -2.63. The summed E-state index contributed by atoms with van der Waals surface area (Å²) in [5.41, 5.74) is 9.58. The van der Waals surface area contributed by atoms with Gasteiger partial charge in [0.15, 0.2) is 0 Å².